The molecule has 5 aromatic rings. The van der Waals surface area contributed by atoms with Crippen LogP contribution in [0.5, 0.6) is 5.75 Å². The molecule has 24 atom stereocenters. The van der Waals surface area contributed by atoms with Gasteiger partial charge in [0.05, 0.1) is 37.1 Å². The monoisotopic (exact) mass is 1700 g/mol. The third kappa shape index (κ3) is 16.7. The number of rotatable bonds is 11. The number of aromatic hydroxyl groups is 1. The van der Waals surface area contributed by atoms with Crippen LogP contribution in [0.2, 0.25) is 19.6 Å². The van der Waals surface area contributed by atoms with E-state index in [0.717, 1.165) is 108 Å². The Morgan fingerprint density at radius 3 is 1.11 bits per heavy atom. The fourth-order valence-electron chi connectivity index (χ4n) is 26.7. The lowest BCUT2D eigenvalue weighted by Crippen LogP contribution is -2.46. The molecule has 18 rings (SSSR count). The Labute approximate surface area is 699 Å². The van der Waals surface area contributed by atoms with Crippen molar-refractivity contribution in [2.24, 2.45) is 69.0 Å². The Morgan fingerprint density at radius 1 is 0.443 bits per heavy atom. The highest BCUT2D eigenvalue weighted by atomic mass is 127. The molecule has 8 saturated carbocycles. The molecule has 15 nitrogen and oxygen atoms in total. The molecule has 1 aliphatic heterocycles. The molecule has 13 aliphatic rings. The molecule has 0 bridgehead atoms. The number of methoxy groups -OCH3 is 2. The van der Waals surface area contributed by atoms with Crippen LogP contribution in [-0.2, 0) is 42.9 Å². The molecule has 3 N–H and O–H groups in total. The SMILES string of the molecule is CC(=O)OC1CCC2[C@@H]3C[C@@H](CO)c4cc(C)ccc4[C@H]3CC[C@]12C.CC(=O)OC1CC[C@H]2[C@@H]3C[C@@H](CON4C(=O)c5ccccc5C4=O)c4cc(C)ccc4[C@H]3CC[C@]12C.COC[C@@H]1C[C@@H]2[C@H](CC[C@]3(C)C(OC(C)=O)CC[C@@H]23)c2ccc(C)cc21.COC[C@@H]1C[C@H]2C3CCC(O)[C@@]3(C)CC[C@@H]2c2ccc(O)cc21.C[Si](C)(C)I. The van der Waals surface area contributed by atoms with Gasteiger partial charge >= 0.3 is 17.9 Å². The number of carbonyl (C=O) groups excluding carboxylic acids is 5. The summed E-state index contributed by atoms with van der Waals surface area (Å²) >= 11 is 2.52. The maximum atomic E-state index is 12.9. The van der Waals surface area contributed by atoms with E-state index >= 15 is 0 Å². The summed E-state index contributed by atoms with van der Waals surface area (Å²) in [5, 5.41) is 31.4. The molecule has 624 valence electrons. The van der Waals surface area contributed by atoms with E-state index in [0.29, 0.717) is 106 Å². The summed E-state index contributed by atoms with van der Waals surface area (Å²) in [7, 11) is 3.58. The number of carbonyl (C=O) groups is 5. The van der Waals surface area contributed by atoms with E-state index in [2.05, 4.69) is 151 Å². The number of hydrogen-bond donors (Lipinski definition) is 3. The van der Waals surface area contributed by atoms with Crippen LogP contribution in [0.3, 0.4) is 0 Å². The van der Waals surface area contributed by atoms with Crippen molar-refractivity contribution in [3.63, 3.8) is 0 Å². The molecule has 12 aliphatic carbocycles. The number of esters is 3. The standard InChI is InChI=1S/C30H33NO5.C23H32O3.C22H30O3.C20H28O3.C3H9ISi/c1-17-8-9-20-21-12-13-30(3)26(10-11-27(30)36-18(2)32)25(21)15-19(24(20)14-17)16-35-31-28(33)22-6-4-5-7-23(22)29(31)34;1-14-5-6-17-18-9-10-23(3)21(7-8-22(23)26-15(2)24)20(18)12-16(13-25-4)19(17)11-14;1-13-4-5-16-17-8-9-22(3)20(6-7-21(22)25-14(2)24)19(17)11-15(12-23)18(16)10-13;1-20-8-7-15-14-4-3-13(21)10-16(14)12(11-23-2)9-17(15)18(20)5-6-19(20)22;1-5(2,3)4/h4-9,14,19,21,25-27H,10-13,15-16H2,1-3H3;5-6,11,16,18,20-22H,7-10,12-13H2,1-4H3;4-5,10,15,17,19-21,23H,6-9,11-12H2,1-3H3;3-4,10,12,15,17-19,21-22H,5-9,11H2,1-2H3;1-3H3/t19-,21+,25+,26-,27?,30-;16-,18+,20+,21-,22?,23-;15-,17+,19+,20?,21?,22-;12-,15+,17+,18?,19?,20-;/m0000./s1. The minimum atomic E-state index is -0.641. The van der Waals surface area contributed by atoms with Crippen molar-refractivity contribution in [1.82, 2.24) is 5.06 Å². The normalized spacial score (nSPS) is 36.3. The van der Waals surface area contributed by atoms with E-state index in [4.69, 9.17) is 28.5 Å². The second kappa shape index (κ2) is 34.4. The topological polar surface area (TPSA) is 205 Å². The highest BCUT2D eigenvalue weighted by Gasteiger charge is 2.61. The highest BCUT2D eigenvalue weighted by molar-refractivity contribution is 14.1. The van der Waals surface area contributed by atoms with Crippen molar-refractivity contribution >= 4 is 57.1 Å². The molecule has 5 aromatic carbocycles. The molecule has 115 heavy (non-hydrogen) atoms. The fourth-order valence-corrected chi connectivity index (χ4v) is 26.7. The predicted octanol–water partition coefficient (Wildman–Crippen LogP) is 20.9. The van der Waals surface area contributed by atoms with Crippen LogP contribution in [0.25, 0.3) is 0 Å². The number of benzene rings is 5. The van der Waals surface area contributed by atoms with Gasteiger partial charge in [-0.15, -0.1) is 26.9 Å². The lowest BCUT2D eigenvalue weighted by molar-refractivity contribution is -0.155. The summed E-state index contributed by atoms with van der Waals surface area (Å²) in [5.41, 5.74) is 15.6. The molecule has 17 heteroatoms. The van der Waals surface area contributed by atoms with Gasteiger partial charge in [0.15, 0.2) is 0 Å². The van der Waals surface area contributed by atoms with Crippen molar-refractivity contribution in [3.8, 4) is 5.75 Å². The Kier molecular flexibility index (Phi) is 25.6. The van der Waals surface area contributed by atoms with E-state index < -0.39 is 5.57 Å². The van der Waals surface area contributed by atoms with Crippen LogP contribution in [0.15, 0.2) is 97.1 Å². The van der Waals surface area contributed by atoms with Gasteiger partial charge in [0.1, 0.15) is 29.6 Å². The first-order chi connectivity index (χ1) is 54.7. The number of halogens is 1. The quantitative estimate of drug-likeness (QED) is 0.0281. The van der Waals surface area contributed by atoms with Gasteiger partial charge in [-0.1, -0.05) is 137 Å². The fraction of sp³-hybridized carbons (Fsp3) is 0.643. The molecule has 0 radical (unpaired) electrons. The van der Waals surface area contributed by atoms with E-state index in [1.807, 2.05) is 19.2 Å². The second-order valence-corrected chi connectivity index (χ2v) is 53.5. The Morgan fingerprint density at radius 2 is 0.757 bits per heavy atom. The molecule has 6 unspecified atom stereocenters. The molecule has 8 fully saturated rings. The summed E-state index contributed by atoms with van der Waals surface area (Å²) in [6.07, 6.45) is 21.9. The van der Waals surface area contributed by atoms with Gasteiger partial charge in [0.2, 0.25) is 0 Å². The first kappa shape index (κ1) is 85.6. The Bertz CT molecular complexity index is 4360. The lowest BCUT2D eigenvalue weighted by atomic mass is 9.54. The van der Waals surface area contributed by atoms with Crippen LogP contribution in [0.4, 0.5) is 0 Å². The summed E-state index contributed by atoms with van der Waals surface area (Å²) in [5.74, 6) is 7.36. The van der Waals surface area contributed by atoms with Crippen LogP contribution in [-0.4, -0.2) is 121 Å². The number of hydroxylamine groups is 2. The summed E-state index contributed by atoms with van der Waals surface area (Å²) in [4.78, 5) is 66.7. The summed E-state index contributed by atoms with van der Waals surface area (Å²) in [6.45, 7) is 29.3. The molecule has 2 amide bonds. The molecule has 1 heterocycles. The minimum Gasteiger partial charge on any atom is -0.508 e. The smallest absolute Gasteiger partial charge is 0.302 e. The van der Waals surface area contributed by atoms with Crippen LogP contribution in [0.1, 0.15) is 306 Å². The average Bonchev–Trinajstić information content (AvgIpc) is 1.68. The zero-order chi connectivity index (χ0) is 82.1. The van der Waals surface area contributed by atoms with Gasteiger partial charge in [0.25, 0.3) is 11.8 Å². The van der Waals surface area contributed by atoms with Crippen LogP contribution < -0.4 is 0 Å². The second-order valence-electron chi connectivity index (χ2n) is 39.7. The van der Waals surface area contributed by atoms with E-state index in [-0.39, 0.29) is 101 Å². The van der Waals surface area contributed by atoms with Crippen molar-refractivity contribution in [1.29, 1.82) is 0 Å². The largest absolute Gasteiger partial charge is 0.508 e. The van der Waals surface area contributed by atoms with Crippen molar-refractivity contribution < 1.29 is 67.8 Å². The van der Waals surface area contributed by atoms with E-state index in [1.54, 1.807) is 43.9 Å². The third-order valence-corrected chi connectivity index (χ3v) is 31.9. The van der Waals surface area contributed by atoms with Gasteiger partial charge in [-0.3, -0.25) is 28.8 Å². The van der Waals surface area contributed by atoms with E-state index in [1.165, 1.54) is 102 Å². The minimum absolute atomic E-state index is 0.0109. The number of imide groups is 1. The number of phenolic OH excluding ortho intramolecular Hbond substituents is 1. The molecule has 0 aromatic heterocycles. The van der Waals surface area contributed by atoms with Gasteiger partial charge in [-0.05, 0) is 294 Å². The molecule has 0 saturated heterocycles. The first-order valence-corrected chi connectivity index (χ1v) is 50.5. The Balaban J connectivity index is 0.000000126. The van der Waals surface area contributed by atoms with Crippen molar-refractivity contribution in [2.75, 3.05) is 40.6 Å². The molecule has 0 spiro atoms. The maximum absolute atomic E-state index is 12.9. The van der Waals surface area contributed by atoms with E-state index in [9.17, 15) is 39.3 Å². The number of phenols is 1. The highest BCUT2D eigenvalue weighted by Crippen LogP contribution is 2.68. The van der Waals surface area contributed by atoms with Gasteiger partial charge < -0.3 is 39.0 Å². The third-order valence-electron chi connectivity index (χ3n) is 31.9. The predicted molar refractivity (Wildman–Crippen MR) is 460 cm³/mol. The zero-order valence-corrected chi connectivity index (χ0v) is 74.6. The summed E-state index contributed by atoms with van der Waals surface area (Å²) < 4.78 is 28.4. The Hall–Kier alpha value is -5.80. The van der Waals surface area contributed by atoms with Crippen molar-refractivity contribution in [2.45, 2.75) is 289 Å². The number of nitrogens with zero attached hydrogens (tertiary/aromatic N) is 1. The number of aryl methyl sites for hydroxylation is 3. The maximum Gasteiger partial charge on any atom is 0.302 e. The lowest BCUT2D eigenvalue weighted by Gasteiger charge is -2.51. The first-order valence-electron chi connectivity index (χ1n) is 43.9. The van der Waals surface area contributed by atoms with Gasteiger partial charge in [-0.2, -0.15) is 0 Å². The number of aliphatic hydroxyl groups is 2. The number of aliphatic hydroxyl groups excluding tert-OH is 2. The van der Waals surface area contributed by atoms with Gasteiger partial charge in [0, 0.05) is 81.5 Å². The summed E-state index contributed by atoms with van der Waals surface area (Å²) in [6, 6.07) is 33.4. The van der Waals surface area contributed by atoms with Crippen molar-refractivity contribution in [3.05, 3.63) is 169 Å². The zero-order valence-electron chi connectivity index (χ0n) is 71.4. The molecular weight excluding hydrogens is 1570 g/mol. The molecular formula is C98H132INO14Si. The van der Waals surface area contributed by atoms with Crippen LogP contribution >= 0.6 is 21.8 Å². The number of ether oxygens (including phenoxy) is 5. The van der Waals surface area contributed by atoms with Crippen LogP contribution in [0, 0.1) is 89.8 Å². The number of amides is 2. The van der Waals surface area contributed by atoms with Gasteiger partial charge in [-0.25, -0.2) is 0 Å². The average molecular weight is 1700 g/mol. The number of fused-ring (bicyclic) bond motifs is 21. The number of hydrogen-bond acceptors (Lipinski definition) is 14.